The van der Waals surface area contributed by atoms with Crippen molar-refractivity contribution >= 4 is 11.8 Å². The van der Waals surface area contributed by atoms with Crippen molar-refractivity contribution in [3.05, 3.63) is 35.4 Å². The lowest BCUT2D eigenvalue weighted by molar-refractivity contribution is -0.120. The van der Waals surface area contributed by atoms with Crippen LogP contribution in [0.1, 0.15) is 43.1 Å². The third-order valence-corrected chi connectivity index (χ3v) is 3.57. The van der Waals surface area contributed by atoms with Gasteiger partial charge in [0.05, 0.1) is 0 Å². The molecule has 0 aromatic heterocycles. The Morgan fingerprint density at radius 2 is 1.90 bits per heavy atom. The second-order valence-electron chi connectivity index (χ2n) is 6.19. The van der Waals surface area contributed by atoms with Crippen LogP contribution in [-0.2, 0) is 10.2 Å². The third-order valence-electron chi connectivity index (χ3n) is 3.57. The van der Waals surface area contributed by atoms with Crippen LogP contribution in [0.15, 0.2) is 24.3 Å². The molecule has 0 atom stereocenters. The molecule has 4 nitrogen and oxygen atoms in total. The lowest BCUT2D eigenvalue weighted by Crippen LogP contribution is -2.35. The predicted molar refractivity (Wildman–Crippen MR) is 78.7 cm³/mol. The van der Waals surface area contributed by atoms with Gasteiger partial charge in [0.15, 0.2) is 0 Å². The number of hydrogen-bond donors (Lipinski definition) is 1. The predicted octanol–water partition coefficient (Wildman–Crippen LogP) is 1.95. The minimum Gasteiger partial charge on any atom is -0.354 e. The van der Waals surface area contributed by atoms with E-state index >= 15 is 0 Å². The first kappa shape index (κ1) is 14.6. The van der Waals surface area contributed by atoms with Gasteiger partial charge in [-0.1, -0.05) is 39.0 Å². The summed E-state index contributed by atoms with van der Waals surface area (Å²) in [7, 11) is 0. The van der Waals surface area contributed by atoms with E-state index < -0.39 is 0 Å². The summed E-state index contributed by atoms with van der Waals surface area (Å²) in [5.41, 5.74) is 1.72. The number of nitrogens with zero attached hydrogens (tertiary/aromatic N) is 1. The summed E-state index contributed by atoms with van der Waals surface area (Å²) in [6, 6.07) is 7.74. The highest BCUT2D eigenvalue weighted by atomic mass is 16.2. The minimum atomic E-state index is -0.0772. The van der Waals surface area contributed by atoms with Gasteiger partial charge in [-0.2, -0.15) is 0 Å². The monoisotopic (exact) mass is 274 g/mol. The van der Waals surface area contributed by atoms with Crippen LogP contribution >= 0.6 is 0 Å². The van der Waals surface area contributed by atoms with Crippen molar-refractivity contribution in [1.82, 2.24) is 10.2 Å². The molecule has 1 aromatic rings. The largest absolute Gasteiger partial charge is 0.354 e. The zero-order chi connectivity index (χ0) is 14.8. The molecular formula is C16H22N2O2. The molecule has 1 aliphatic heterocycles. The number of nitrogens with one attached hydrogen (secondary N) is 1. The van der Waals surface area contributed by atoms with Gasteiger partial charge >= 0.3 is 0 Å². The molecule has 1 heterocycles. The molecule has 0 spiro atoms. The normalized spacial score (nSPS) is 16.6. The summed E-state index contributed by atoms with van der Waals surface area (Å²) < 4.78 is 0. The average molecular weight is 274 g/mol. The van der Waals surface area contributed by atoms with Gasteiger partial charge in [-0.15, -0.1) is 0 Å². The van der Waals surface area contributed by atoms with Gasteiger partial charge in [-0.3, -0.25) is 9.59 Å². The Morgan fingerprint density at radius 1 is 1.20 bits per heavy atom. The Kier molecular flexibility index (Phi) is 4.12. The van der Waals surface area contributed by atoms with Crippen molar-refractivity contribution in [1.29, 1.82) is 0 Å². The minimum absolute atomic E-state index is 0.0180. The zero-order valence-corrected chi connectivity index (χ0v) is 12.4. The van der Waals surface area contributed by atoms with Crippen molar-refractivity contribution in [2.75, 3.05) is 19.6 Å². The second kappa shape index (κ2) is 5.65. The van der Waals surface area contributed by atoms with Crippen molar-refractivity contribution in [2.45, 2.75) is 32.6 Å². The molecule has 2 amide bonds. The molecule has 20 heavy (non-hydrogen) atoms. The number of rotatable bonds is 1. The van der Waals surface area contributed by atoms with Crippen LogP contribution in [0.3, 0.4) is 0 Å². The molecule has 108 valence electrons. The summed E-state index contributed by atoms with van der Waals surface area (Å²) >= 11 is 0. The molecule has 1 N–H and O–H groups in total. The highest BCUT2D eigenvalue weighted by molar-refractivity contribution is 5.96. The Balaban J connectivity index is 2.27. The Labute approximate surface area is 120 Å². The summed E-state index contributed by atoms with van der Waals surface area (Å²) in [6.45, 7) is 7.90. The highest BCUT2D eigenvalue weighted by Gasteiger charge is 2.25. The number of hydrogen-bond acceptors (Lipinski definition) is 2. The fourth-order valence-corrected chi connectivity index (χ4v) is 2.46. The van der Waals surface area contributed by atoms with Crippen molar-refractivity contribution < 1.29 is 9.59 Å². The standard InChI is InChI=1S/C16H22N2O2/c1-16(2,3)13-7-5-4-6-12(13)15(20)18-10-8-14(19)17-9-11-18/h4-7H,8-11H2,1-3H3,(H,17,19). The molecule has 1 fully saturated rings. The lowest BCUT2D eigenvalue weighted by Gasteiger charge is -2.26. The van der Waals surface area contributed by atoms with Crippen LogP contribution in [0.4, 0.5) is 0 Å². The van der Waals surface area contributed by atoms with Crippen LogP contribution in [0.25, 0.3) is 0 Å². The first-order chi connectivity index (χ1) is 9.39. The zero-order valence-electron chi connectivity index (χ0n) is 12.4. The van der Waals surface area contributed by atoms with Crippen LogP contribution in [-0.4, -0.2) is 36.3 Å². The maximum atomic E-state index is 12.7. The molecule has 2 rings (SSSR count). The first-order valence-electron chi connectivity index (χ1n) is 7.05. The molecular weight excluding hydrogens is 252 g/mol. The van der Waals surface area contributed by atoms with Gasteiger partial charge in [-0.05, 0) is 17.0 Å². The molecule has 1 saturated heterocycles. The number of benzene rings is 1. The third kappa shape index (κ3) is 3.18. The van der Waals surface area contributed by atoms with Crippen molar-refractivity contribution in [3.63, 3.8) is 0 Å². The van der Waals surface area contributed by atoms with E-state index in [9.17, 15) is 9.59 Å². The Hall–Kier alpha value is -1.84. The van der Waals surface area contributed by atoms with E-state index in [-0.39, 0.29) is 17.2 Å². The van der Waals surface area contributed by atoms with E-state index in [0.29, 0.717) is 26.1 Å². The maximum Gasteiger partial charge on any atom is 0.254 e. The van der Waals surface area contributed by atoms with Crippen LogP contribution < -0.4 is 5.32 Å². The molecule has 0 aliphatic carbocycles. The van der Waals surface area contributed by atoms with E-state index in [4.69, 9.17) is 0 Å². The summed E-state index contributed by atoms with van der Waals surface area (Å²) in [5.74, 6) is 0.0384. The molecule has 0 unspecified atom stereocenters. The van der Waals surface area contributed by atoms with Crippen LogP contribution in [0.5, 0.6) is 0 Å². The fourth-order valence-electron chi connectivity index (χ4n) is 2.46. The number of carbonyl (C=O) groups excluding carboxylic acids is 2. The maximum absolute atomic E-state index is 12.7. The molecule has 4 heteroatoms. The topological polar surface area (TPSA) is 49.4 Å². The average Bonchev–Trinajstić information content (AvgIpc) is 2.62. The van der Waals surface area contributed by atoms with E-state index in [1.54, 1.807) is 4.90 Å². The van der Waals surface area contributed by atoms with Crippen molar-refractivity contribution in [2.24, 2.45) is 0 Å². The fraction of sp³-hybridized carbons (Fsp3) is 0.500. The van der Waals surface area contributed by atoms with E-state index in [1.165, 1.54) is 0 Å². The smallest absolute Gasteiger partial charge is 0.254 e. The van der Waals surface area contributed by atoms with Gasteiger partial charge in [0, 0.05) is 31.6 Å². The molecule has 0 bridgehead atoms. The molecule has 0 saturated carbocycles. The van der Waals surface area contributed by atoms with E-state index in [2.05, 4.69) is 26.1 Å². The van der Waals surface area contributed by atoms with Gasteiger partial charge in [-0.25, -0.2) is 0 Å². The molecule has 1 aliphatic rings. The quantitative estimate of drug-likeness (QED) is 0.851. The van der Waals surface area contributed by atoms with Crippen LogP contribution in [0.2, 0.25) is 0 Å². The second-order valence-corrected chi connectivity index (χ2v) is 6.19. The number of carbonyl (C=O) groups is 2. The van der Waals surface area contributed by atoms with E-state index in [1.807, 2.05) is 24.3 Å². The molecule has 0 radical (unpaired) electrons. The van der Waals surface area contributed by atoms with Gasteiger partial charge < -0.3 is 10.2 Å². The summed E-state index contributed by atoms with van der Waals surface area (Å²) in [4.78, 5) is 25.8. The van der Waals surface area contributed by atoms with Gasteiger partial charge in [0.25, 0.3) is 5.91 Å². The molecule has 1 aromatic carbocycles. The lowest BCUT2D eigenvalue weighted by atomic mass is 9.83. The SMILES string of the molecule is CC(C)(C)c1ccccc1C(=O)N1CCNC(=O)CC1. The Bertz CT molecular complexity index is 517. The van der Waals surface area contributed by atoms with Crippen LogP contribution in [0, 0.1) is 0 Å². The highest BCUT2D eigenvalue weighted by Crippen LogP contribution is 2.26. The number of amides is 2. The summed E-state index contributed by atoms with van der Waals surface area (Å²) in [5, 5.41) is 2.79. The van der Waals surface area contributed by atoms with Gasteiger partial charge in [0.2, 0.25) is 5.91 Å². The van der Waals surface area contributed by atoms with Crippen molar-refractivity contribution in [3.8, 4) is 0 Å². The summed E-state index contributed by atoms with van der Waals surface area (Å²) in [6.07, 6.45) is 0.378. The first-order valence-corrected chi connectivity index (χ1v) is 7.05. The van der Waals surface area contributed by atoms with E-state index in [0.717, 1.165) is 11.1 Å². The Morgan fingerprint density at radius 3 is 2.60 bits per heavy atom. The van der Waals surface area contributed by atoms with Gasteiger partial charge in [0.1, 0.15) is 0 Å².